The van der Waals surface area contributed by atoms with Gasteiger partial charge in [0, 0.05) is 30.9 Å². The van der Waals surface area contributed by atoms with E-state index in [4.69, 9.17) is 9.47 Å². The SMILES string of the molecule is COCCN(c1cccc(OC)c1C(C)O)C(C)C1CC1. The van der Waals surface area contributed by atoms with Crippen LogP contribution in [-0.2, 0) is 4.74 Å². The molecule has 0 heterocycles. The molecule has 118 valence electrons. The van der Waals surface area contributed by atoms with E-state index in [-0.39, 0.29) is 0 Å². The number of aliphatic hydroxyl groups is 1. The average molecular weight is 293 g/mol. The van der Waals surface area contributed by atoms with E-state index in [1.807, 2.05) is 12.1 Å². The van der Waals surface area contributed by atoms with Crippen molar-refractivity contribution in [2.24, 2.45) is 5.92 Å². The van der Waals surface area contributed by atoms with Crippen LogP contribution in [0.5, 0.6) is 5.75 Å². The van der Waals surface area contributed by atoms with Crippen molar-refractivity contribution in [3.63, 3.8) is 0 Å². The van der Waals surface area contributed by atoms with E-state index in [0.717, 1.165) is 29.5 Å². The highest BCUT2D eigenvalue weighted by atomic mass is 16.5. The van der Waals surface area contributed by atoms with Gasteiger partial charge in [0.05, 0.1) is 19.8 Å². The van der Waals surface area contributed by atoms with Crippen molar-refractivity contribution in [2.45, 2.75) is 38.8 Å². The summed E-state index contributed by atoms with van der Waals surface area (Å²) >= 11 is 0. The molecule has 2 rings (SSSR count). The number of methoxy groups -OCH3 is 2. The summed E-state index contributed by atoms with van der Waals surface area (Å²) in [6, 6.07) is 6.41. The number of benzene rings is 1. The lowest BCUT2D eigenvalue weighted by Crippen LogP contribution is -2.38. The molecule has 0 saturated heterocycles. The number of hydrogen-bond donors (Lipinski definition) is 1. The van der Waals surface area contributed by atoms with E-state index >= 15 is 0 Å². The summed E-state index contributed by atoms with van der Waals surface area (Å²) in [6.07, 6.45) is 2.02. The molecular formula is C17H27NO3. The Kier molecular flexibility index (Phi) is 5.48. The lowest BCUT2D eigenvalue weighted by atomic mass is 10.0. The summed E-state index contributed by atoms with van der Waals surface area (Å²) in [5, 5.41) is 10.2. The van der Waals surface area contributed by atoms with Crippen molar-refractivity contribution in [3.8, 4) is 5.75 Å². The Morgan fingerprint density at radius 1 is 1.29 bits per heavy atom. The monoisotopic (exact) mass is 293 g/mol. The Bertz CT molecular complexity index is 457. The molecule has 1 aromatic rings. The molecular weight excluding hydrogens is 266 g/mol. The van der Waals surface area contributed by atoms with Gasteiger partial charge in [-0.15, -0.1) is 0 Å². The van der Waals surface area contributed by atoms with Gasteiger partial charge in [-0.2, -0.15) is 0 Å². The first-order valence-electron chi connectivity index (χ1n) is 7.70. The van der Waals surface area contributed by atoms with Crippen LogP contribution in [0.2, 0.25) is 0 Å². The first-order chi connectivity index (χ1) is 10.1. The summed E-state index contributed by atoms with van der Waals surface area (Å²) in [7, 11) is 3.37. The highest BCUT2D eigenvalue weighted by Crippen LogP contribution is 2.40. The van der Waals surface area contributed by atoms with Crippen LogP contribution in [0.15, 0.2) is 18.2 Å². The number of ether oxygens (including phenoxy) is 2. The molecule has 4 nitrogen and oxygen atoms in total. The van der Waals surface area contributed by atoms with Crippen LogP contribution in [0, 0.1) is 5.92 Å². The van der Waals surface area contributed by atoms with E-state index in [0.29, 0.717) is 12.6 Å². The van der Waals surface area contributed by atoms with E-state index in [1.165, 1.54) is 12.8 Å². The van der Waals surface area contributed by atoms with Crippen LogP contribution >= 0.6 is 0 Å². The van der Waals surface area contributed by atoms with Crippen LogP contribution in [0.4, 0.5) is 5.69 Å². The van der Waals surface area contributed by atoms with Gasteiger partial charge >= 0.3 is 0 Å². The molecule has 2 atom stereocenters. The number of rotatable bonds is 8. The Hall–Kier alpha value is -1.26. The van der Waals surface area contributed by atoms with Gasteiger partial charge in [-0.3, -0.25) is 0 Å². The van der Waals surface area contributed by atoms with Crippen LogP contribution in [0.25, 0.3) is 0 Å². The molecule has 2 unspecified atom stereocenters. The second kappa shape index (κ2) is 7.14. The molecule has 0 radical (unpaired) electrons. The normalized spacial score (nSPS) is 17.4. The quantitative estimate of drug-likeness (QED) is 0.800. The smallest absolute Gasteiger partial charge is 0.126 e. The number of aliphatic hydroxyl groups excluding tert-OH is 1. The van der Waals surface area contributed by atoms with Gasteiger partial charge < -0.3 is 19.5 Å². The van der Waals surface area contributed by atoms with Crippen molar-refractivity contribution in [1.29, 1.82) is 0 Å². The number of anilines is 1. The Balaban J connectivity index is 2.37. The molecule has 0 aromatic heterocycles. The van der Waals surface area contributed by atoms with Gasteiger partial charge in [0.15, 0.2) is 0 Å². The summed E-state index contributed by atoms with van der Waals surface area (Å²) in [4.78, 5) is 2.35. The van der Waals surface area contributed by atoms with Gasteiger partial charge in [-0.05, 0) is 44.7 Å². The Labute approximate surface area is 127 Å². The molecule has 4 heteroatoms. The lowest BCUT2D eigenvalue weighted by Gasteiger charge is -2.34. The molecule has 1 saturated carbocycles. The molecule has 1 fully saturated rings. The molecule has 0 bridgehead atoms. The van der Waals surface area contributed by atoms with Crippen molar-refractivity contribution in [1.82, 2.24) is 0 Å². The third-order valence-corrected chi connectivity index (χ3v) is 4.32. The van der Waals surface area contributed by atoms with E-state index in [2.05, 4.69) is 17.9 Å². The summed E-state index contributed by atoms with van der Waals surface area (Å²) in [5.41, 5.74) is 1.92. The number of hydrogen-bond acceptors (Lipinski definition) is 4. The molecule has 1 aliphatic rings. The lowest BCUT2D eigenvalue weighted by molar-refractivity contribution is 0.192. The fraction of sp³-hybridized carbons (Fsp3) is 0.647. The molecule has 1 N–H and O–H groups in total. The van der Waals surface area contributed by atoms with Gasteiger partial charge in [0.25, 0.3) is 0 Å². The van der Waals surface area contributed by atoms with Gasteiger partial charge in [0.2, 0.25) is 0 Å². The predicted molar refractivity (Wildman–Crippen MR) is 85.0 cm³/mol. The zero-order valence-corrected chi connectivity index (χ0v) is 13.5. The van der Waals surface area contributed by atoms with Gasteiger partial charge in [0.1, 0.15) is 5.75 Å². The van der Waals surface area contributed by atoms with E-state index in [9.17, 15) is 5.11 Å². The standard InChI is InChI=1S/C17H27NO3/c1-12(14-8-9-14)18(10-11-20-3)15-6-5-7-16(21-4)17(15)13(2)19/h5-7,12-14,19H,8-11H2,1-4H3. The van der Waals surface area contributed by atoms with Crippen molar-refractivity contribution in [3.05, 3.63) is 23.8 Å². The van der Waals surface area contributed by atoms with Crippen LogP contribution in [0.3, 0.4) is 0 Å². The first kappa shape index (κ1) is 16.1. The largest absolute Gasteiger partial charge is 0.496 e. The Morgan fingerprint density at radius 3 is 2.52 bits per heavy atom. The number of nitrogens with zero attached hydrogens (tertiary/aromatic N) is 1. The van der Waals surface area contributed by atoms with Crippen molar-refractivity contribution in [2.75, 3.05) is 32.3 Å². The fourth-order valence-corrected chi connectivity index (χ4v) is 2.95. The highest BCUT2D eigenvalue weighted by molar-refractivity contribution is 5.61. The second-order valence-corrected chi connectivity index (χ2v) is 5.83. The molecule has 0 aliphatic heterocycles. The third kappa shape index (κ3) is 3.69. The first-order valence-corrected chi connectivity index (χ1v) is 7.70. The molecule has 21 heavy (non-hydrogen) atoms. The van der Waals surface area contributed by atoms with Crippen LogP contribution < -0.4 is 9.64 Å². The van der Waals surface area contributed by atoms with Crippen LogP contribution in [-0.4, -0.2) is 38.5 Å². The van der Waals surface area contributed by atoms with Gasteiger partial charge in [-0.1, -0.05) is 6.07 Å². The van der Waals surface area contributed by atoms with Gasteiger partial charge in [-0.25, -0.2) is 0 Å². The second-order valence-electron chi connectivity index (χ2n) is 5.83. The molecule has 0 spiro atoms. The maximum atomic E-state index is 10.2. The summed E-state index contributed by atoms with van der Waals surface area (Å²) < 4.78 is 10.7. The highest BCUT2D eigenvalue weighted by Gasteiger charge is 2.33. The minimum Gasteiger partial charge on any atom is -0.496 e. The Morgan fingerprint density at radius 2 is 2.00 bits per heavy atom. The summed E-state index contributed by atoms with van der Waals surface area (Å²) in [6.45, 7) is 5.55. The predicted octanol–water partition coefficient (Wildman–Crippen LogP) is 3.00. The molecule has 0 amide bonds. The van der Waals surface area contributed by atoms with Crippen molar-refractivity contribution < 1.29 is 14.6 Å². The topological polar surface area (TPSA) is 41.9 Å². The fourth-order valence-electron chi connectivity index (χ4n) is 2.95. The van der Waals surface area contributed by atoms with Crippen LogP contribution in [0.1, 0.15) is 38.4 Å². The zero-order chi connectivity index (χ0) is 15.4. The summed E-state index contributed by atoms with van der Waals surface area (Å²) in [5.74, 6) is 1.49. The minimum atomic E-state index is -0.562. The average Bonchev–Trinajstić information content (AvgIpc) is 3.31. The van der Waals surface area contributed by atoms with E-state index in [1.54, 1.807) is 21.1 Å². The molecule has 1 aromatic carbocycles. The third-order valence-electron chi connectivity index (χ3n) is 4.32. The zero-order valence-electron chi connectivity index (χ0n) is 13.5. The van der Waals surface area contributed by atoms with Crippen molar-refractivity contribution >= 4 is 5.69 Å². The maximum absolute atomic E-state index is 10.2. The minimum absolute atomic E-state index is 0.449. The maximum Gasteiger partial charge on any atom is 0.126 e. The molecule has 1 aliphatic carbocycles. The van der Waals surface area contributed by atoms with E-state index < -0.39 is 6.10 Å².